The Bertz CT molecular complexity index is 918. The third-order valence-electron chi connectivity index (χ3n) is 3.93. The second kappa shape index (κ2) is 7.88. The van der Waals surface area contributed by atoms with Gasteiger partial charge >= 0.3 is 0 Å². The highest BCUT2D eigenvalue weighted by molar-refractivity contribution is 9.10. The fraction of sp³-hybridized carbons (Fsp3) is 0.0435. The van der Waals surface area contributed by atoms with Crippen molar-refractivity contribution in [3.05, 3.63) is 100 Å². The second-order valence-corrected chi connectivity index (χ2v) is 6.58. The molecule has 122 valence electrons. The van der Waals surface area contributed by atoms with E-state index in [1.165, 1.54) is 0 Å². The monoisotopic (exact) mass is 387 g/mol. The minimum atomic E-state index is 0.894. The highest BCUT2D eigenvalue weighted by atomic mass is 79.9. The van der Waals surface area contributed by atoms with Gasteiger partial charge in [0, 0.05) is 27.1 Å². The molecule has 2 heteroatoms. The van der Waals surface area contributed by atoms with Gasteiger partial charge in [0.15, 0.2) is 0 Å². The van der Waals surface area contributed by atoms with E-state index in [2.05, 4.69) is 64.0 Å². The van der Waals surface area contributed by atoms with Crippen molar-refractivity contribution in [2.24, 2.45) is 0 Å². The van der Waals surface area contributed by atoms with Crippen LogP contribution in [0, 0.1) is 12.3 Å². The van der Waals surface area contributed by atoms with Gasteiger partial charge in [-0.2, -0.15) is 0 Å². The Kier molecular flexibility index (Phi) is 5.38. The van der Waals surface area contributed by atoms with Gasteiger partial charge in [-0.05, 0) is 61.0 Å². The lowest BCUT2D eigenvalue weighted by Crippen LogP contribution is -2.14. The molecule has 0 saturated carbocycles. The van der Waals surface area contributed by atoms with E-state index in [0.717, 1.165) is 32.7 Å². The number of para-hydroxylation sites is 1. The lowest BCUT2D eigenvalue weighted by atomic mass is 10.1. The highest BCUT2D eigenvalue weighted by Crippen LogP contribution is 2.31. The molecule has 0 aromatic heterocycles. The van der Waals surface area contributed by atoms with Crippen LogP contribution in [-0.2, 0) is 0 Å². The van der Waals surface area contributed by atoms with Crippen LogP contribution in [0.1, 0.15) is 18.1 Å². The minimum absolute atomic E-state index is 0.894. The molecule has 0 unspecified atom stereocenters. The van der Waals surface area contributed by atoms with E-state index in [0.29, 0.717) is 0 Å². The van der Waals surface area contributed by atoms with Crippen molar-refractivity contribution < 1.29 is 0 Å². The molecule has 0 fully saturated rings. The molecular weight excluding hydrogens is 370 g/mol. The van der Waals surface area contributed by atoms with Crippen molar-refractivity contribution in [1.29, 1.82) is 0 Å². The van der Waals surface area contributed by atoms with E-state index in [-0.39, 0.29) is 0 Å². The van der Waals surface area contributed by atoms with Crippen LogP contribution >= 0.6 is 15.9 Å². The van der Waals surface area contributed by atoms with Crippen LogP contribution in [0.25, 0.3) is 6.08 Å². The Hall–Kier alpha value is -2.76. The first-order valence-corrected chi connectivity index (χ1v) is 8.83. The van der Waals surface area contributed by atoms with Crippen LogP contribution in [-0.4, -0.2) is 0 Å². The molecule has 0 bridgehead atoms. The standard InChI is InChI=1S/C23H18BrN/c1-3-19-9-7-8-10-20(19)17-18(2)25(22-11-5-4-6-12-22)23-15-13-21(24)14-16-23/h1,4-17H,2H3/b18-17+. The number of halogens is 1. The summed E-state index contributed by atoms with van der Waals surface area (Å²) in [6.07, 6.45) is 7.77. The largest absolute Gasteiger partial charge is 0.314 e. The van der Waals surface area contributed by atoms with Crippen molar-refractivity contribution in [3.63, 3.8) is 0 Å². The Morgan fingerprint density at radius 2 is 1.48 bits per heavy atom. The highest BCUT2D eigenvalue weighted by Gasteiger charge is 2.11. The summed E-state index contributed by atoms with van der Waals surface area (Å²) >= 11 is 3.51. The van der Waals surface area contributed by atoms with Gasteiger partial charge in [-0.25, -0.2) is 0 Å². The van der Waals surface area contributed by atoms with E-state index in [1.54, 1.807) is 0 Å². The molecule has 3 aromatic rings. The van der Waals surface area contributed by atoms with Crippen LogP contribution in [0.4, 0.5) is 11.4 Å². The fourth-order valence-corrected chi connectivity index (χ4v) is 3.03. The predicted octanol–water partition coefficient (Wildman–Crippen LogP) is 6.63. The molecule has 0 radical (unpaired) electrons. The average molecular weight is 388 g/mol. The number of terminal acetylenes is 1. The fourth-order valence-electron chi connectivity index (χ4n) is 2.77. The van der Waals surface area contributed by atoms with Crippen molar-refractivity contribution in [3.8, 4) is 12.3 Å². The van der Waals surface area contributed by atoms with E-state index in [4.69, 9.17) is 6.42 Å². The smallest absolute Gasteiger partial charge is 0.0459 e. The maximum atomic E-state index is 5.64. The van der Waals surface area contributed by atoms with Gasteiger partial charge in [0.25, 0.3) is 0 Å². The van der Waals surface area contributed by atoms with Gasteiger partial charge in [0.05, 0.1) is 0 Å². The lowest BCUT2D eigenvalue weighted by molar-refractivity contribution is 1.17. The first-order chi connectivity index (χ1) is 12.2. The average Bonchev–Trinajstić information content (AvgIpc) is 2.65. The number of rotatable bonds is 4. The van der Waals surface area contributed by atoms with E-state index in [9.17, 15) is 0 Å². The number of benzene rings is 3. The van der Waals surface area contributed by atoms with Gasteiger partial charge in [-0.3, -0.25) is 0 Å². The summed E-state index contributed by atoms with van der Waals surface area (Å²) < 4.78 is 1.06. The molecule has 0 aliphatic heterocycles. The molecule has 0 aliphatic rings. The summed E-state index contributed by atoms with van der Waals surface area (Å²) in [5, 5.41) is 0. The molecule has 0 heterocycles. The molecule has 1 nitrogen and oxygen atoms in total. The van der Waals surface area contributed by atoms with Gasteiger partial charge in [-0.1, -0.05) is 58.2 Å². The van der Waals surface area contributed by atoms with E-state index in [1.807, 2.05) is 54.6 Å². The normalized spacial score (nSPS) is 11.0. The summed E-state index contributed by atoms with van der Waals surface area (Å²) in [5.74, 6) is 2.76. The van der Waals surface area contributed by atoms with Crippen molar-refractivity contribution in [2.45, 2.75) is 6.92 Å². The molecule has 3 aromatic carbocycles. The van der Waals surface area contributed by atoms with Crippen LogP contribution in [0.3, 0.4) is 0 Å². The van der Waals surface area contributed by atoms with Gasteiger partial charge in [-0.15, -0.1) is 6.42 Å². The number of anilines is 2. The Morgan fingerprint density at radius 3 is 2.16 bits per heavy atom. The molecule has 3 rings (SSSR count). The molecular formula is C23H18BrN. The Balaban J connectivity index is 2.10. The molecule has 0 aliphatic carbocycles. The zero-order valence-corrected chi connectivity index (χ0v) is 15.6. The summed E-state index contributed by atoms with van der Waals surface area (Å²) in [6.45, 7) is 2.10. The second-order valence-electron chi connectivity index (χ2n) is 5.66. The topological polar surface area (TPSA) is 3.24 Å². The number of allylic oxidation sites excluding steroid dienone is 1. The quantitative estimate of drug-likeness (QED) is 0.454. The number of nitrogens with zero attached hydrogens (tertiary/aromatic N) is 1. The number of hydrogen-bond acceptors (Lipinski definition) is 1. The zero-order valence-electron chi connectivity index (χ0n) is 14.0. The summed E-state index contributed by atoms with van der Waals surface area (Å²) in [4.78, 5) is 2.22. The third-order valence-corrected chi connectivity index (χ3v) is 4.46. The first-order valence-electron chi connectivity index (χ1n) is 8.04. The van der Waals surface area contributed by atoms with Crippen LogP contribution in [0.15, 0.2) is 89.0 Å². The Labute approximate surface area is 157 Å². The van der Waals surface area contributed by atoms with E-state index < -0.39 is 0 Å². The van der Waals surface area contributed by atoms with Gasteiger partial charge < -0.3 is 4.90 Å². The molecule has 0 atom stereocenters. The van der Waals surface area contributed by atoms with E-state index >= 15 is 0 Å². The van der Waals surface area contributed by atoms with Gasteiger partial charge in [0.1, 0.15) is 0 Å². The molecule has 0 amide bonds. The van der Waals surface area contributed by atoms with Crippen LogP contribution in [0.2, 0.25) is 0 Å². The summed E-state index contributed by atoms with van der Waals surface area (Å²) in [7, 11) is 0. The summed E-state index contributed by atoms with van der Waals surface area (Å²) in [6, 6.07) is 26.6. The van der Waals surface area contributed by atoms with Crippen molar-refractivity contribution >= 4 is 33.4 Å². The summed E-state index contributed by atoms with van der Waals surface area (Å²) in [5.41, 5.74) is 5.24. The minimum Gasteiger partial charge on any atom is -0.314 e. The first kappa shape index (κ1) is 17.1. The SMILES string of the molecule is C#Cc1ccccc1/C=C(\C)N(c1ccccc1)c1ccc(Br)cc1. The number of hydrogen-bond donors (Lipinski definition) is 0. The molecule has 25 heavy (non-hydrogen) atoms. The predicted molar refractivity (Wildman–Crippen MR) is 111 cm³/mol. The van der Waals surface area contributed by atoms with Crippen LogP contribution < -0.4 is 4.90 Å². The Morgan fingerprint density at radius 1 is 0.880 bits per heavy atom. The maximum Gasteiger partial charge on any atom is 0.0459 e. The molecule has 0 spiro atoms. The van der Waals surface area contributed by atoms with Crippen LogP contribution in [0.5, 0.6) is 0 Å². The van der Waals surface area contributed by atoms with Crippen molar-refractivity contribution in [1.82, 2.24) is 0 Å². The van der Waals surface area contributed by atoms with Gasteiger partial charge in [0.2, 0.25) is 0 Å². The molecule has 0 saturated heterocycles. The van der Waals surface area contributed by atoms with Crippen molar-refractivity contribution in [2.75, 3.05) is 4.90 Å². The third kappa shape index (κ3) is 4.02. The zero-order chi connectivity index (χ0) is 17.6. The maximum absolute atomic E-state index is 5.64. The lowest BCUT2D eigenvalue weighted by Gasteiger charge is -2.26. The molecule has 0 N–H and O–H groups in total.